The van der Waals surface area contributed by atoms with Gasteiger partial charge in [-0.05, 0) is 18.2 Å². The van der Waals surface area contributed by atoms with Gasteiger partial charge in [0.2, 0.25) is 0 Å². The molecular weight excluding hydrogens is 265 g/mol. The van der Waals surface area contributed by atoms with Gasteiger partial charge in [0, 0.05) is 10.0 Å². The van der Waals surface area contributed by atoms with Gasteiger partial charge in [-0.15, -0.1) is 0 Å². The van der Waals surface area contributed by atoms with Crippen LogP contribution >= 0.6 is 15.9 Å². The Morgan fingerprint density at radius 2 is 2.20 bits per heavy atom. The van der Waals surface area contributed by atoms with Crippen molar-refractivity contribution in [3.8, 4) is 0 Å². The van der Waals surface area contributed by atoms with Crippen LogP contribution in [0.5, 0.6) is 0 Å². The maximum atomic E-state index is 13.0. The molecule has 2 rings (SSSR count). The van der Waals surface area contributed by atoms with Gasteiger partial charge >= 0.3 is 0 Å². The van der Waals surface area contributed by atoms with E-state index >= 15 is 0 Å². The van der Waals surface area contributed by atoms with Crippen molar-refractivity contribution in [3.05, 3.63) is 34.1 Å². The number of hydrogen-bond donors (Lipinski definition) is 1. The summed E-state index contributed by atoms with van der Waals surface area (Å²) in [6.07, 6.45) is 0. The summed E-state index contributed by atoms with van der Waals surface area (Å²) in [5.41, 5.74) is 0.314. The average molecular weight is 274 g/mol. The molecule has 0 aromatic heterocycles. The molecule has 1 aliphatic heterocycles. The number of carbonyl (C=O) groups is 1. The van der Waals surface area contributed by atoms with Gasteiger partial charge in [-0.2, -0.15) is 0 Å². The second kappa shape index (κ2) is 4.28. The predicted octanol–water partition coefficient (Wildman–Crippen LogP) is 1.72. The number of nitrogens with one attached hydrogen (secondary N) is 1. The minimum atomic E-state index is -0.431. The zero-order valence-electron chi connectivity index (χ0n) is 7.80. The van der Waals surface area contributed by atoms with Crippen molar-refractivity contribution < 1.29 is 13.9 Å². The van der Waals surface area contributed by atoms with Crippen LogP contribution in [0.15, 0.2) is 22.7 Å². The first-order valence-corrected chi connectivity index (χ1v) is 5.29. The zero-order chi connectivity index (χ0) is 10.8. The minimum Gasteiger partial charge on any atom is -0.377 e. The van der Waals surface area contributed by atoms with Crippen LogP contribution in [0, 0.1) is 5.82 Å². The van der Waals surface area contributed by atoms with Crippen molar-refractivity contribution in [2.45, 2.75) is 6.04 Å². The summed E-state index contributed by atoms with van der Waals surface area (Å²) in [7, 11) is 0. The van der Waals surface area contributed by atoms with Crippen LogP contribution in [0.1, 0.15) is 10.4 Å². The number of rotatable bonds is 2. The fourth-order valence-corrected chi connectivity index (χ4v) is 1.74. The molecule has 80 valence electrons. The molecule has 0 radical (unpaired) electrons. The van der Waals surface area contributed by atoms with E-state index in [4.69, 9.17) is 4.74 Å². The maximum Gasteiger partial charge on any atom is 0.251 e. The molecule has 0 bridgehead atoms. The largest absolute Gasteiger partial charge is 0.377 e. The Balaban J connectivity index is 2.10. The lowest BCUT2D eigenvalue weighted by atomic mass is 10.2. The third kappa shape index (κ3) is 2.54. The van der Waals surface area contributed by atoms with Gasteiger partial charge in [0.25, 0.3) is 5.91 Å². The molecule has 1 heterocycles. The molecule has 0 saturated carbocycles. The van der Waals surface area contributed by atoms with Crippen molar-refractivity contribution in [1.82, 2.24) is 5.32 Å². The molecule has 3 nitrogen and oxygen atoms in total. The number of ether oxygens (including phenoxy) is 1. The number of carbonyl (C=O) groups excluding carboxylic acids is 1. The normalized spacial score (nSPS) is 15.9. The van der Waals surface area contributed by atoms with Crippen molar-refractivity contribution in [2.24, 2.45) is 0 Å². The zero-order valence-corrected chi connectivity index (χ0v) is 9.38. The predicted molar refractivity (Wildman–Crippen MR) is 56.2 cm³/mol. The van der Waals surface area contributed by atoms with Gasteiger partial charge < -0.3 is 10.1 Å². The highest BCUT2D eigenvalue weighted by Gasteiger charge is 2.21. The van der Waals surface area contributed by atoms with Crippen molar-refractivity contribution in [3.63, 3.8) is 0 Å². The first-order chi connectivity index (χ1) is 7.15. The summed E-state index contributed by atoms with van der Waals surface area (Å²) < 4.78 is 18.5. The van der Waals surface area contributed by atoms with Gasteiger partial charge in [-0.1, -0.05) is 15.9 Å². The molecule has 1 fully saturated rings. The maximum absolute atomic E-state index is 13.0. The minimum absolute atomic E-state index is 0.0551. The summed E-state index contributed by atoms with van der Waals surface area (Å²) in [5.74, 6) is -0.706. The summed E-state index contributed by atoms with van der Waals surface area (Å²) in [6, 6.07) is 4.15. The second-order valence-corrected chi connectivity index (χ2v) is 4.28. The lowest BCUT2D eigenvalue weighted by Crippen LogP contribution is -2.48. The van der Waals surface area contributed by atoms with Crippen LogP contribution in [0.3, 0.4) is 0 Å². The Labute approximate surface area is 94.7 Å². The van der Waals surface area contributed by atoms with E-state index in [0.29, 0.717) is 23.2 Å². The Bertz CT molecular complexity index is 373. The Morgan fingerprint density at radius 3 is 2.73 bits per heavy atom. The van der Waals surface area contributed by atoms with Crippen LogP contribution in [-0.2, 0) is 4.74 Å². The van der Waals surface area contributed by atoms with Gasteiger partial charge in [0.05, 0.1) is 19.3 Å². The van der Waals surface area contributed by atoms with E-state index in [9.17, 15) is 9.18 Å². The van der Waals surface area contributed by atoms with Crippen LogP contribution in [0.2, 0.25) is 0 Å². The number of amides is 1. The van der Waals surface area contributed by atoms with E-state index < -0.39 is 5.82 Å². The molecule has 1 aromatic carbocycles. The summed E-state index contributed by atoms with van der Waals surface area (Å²) in [4.78, 5) is 11.6. The van der Waals surface area contributed by atoms with Gasteiger partial charge in [-0.25, -0.2) is 4.39 Å². The lowest BCUT2D eigenvalue weighted by molar-refractivity contribution is -0.00346. The summed E-state index contributed by atoms with van der Waals surface area (Å²) in [6.45, 7) is 1.06. The highest BCUT2D eigenvalue weighted by molar-refractivity contribution is 9.10. The highest BCUT2D eigenvalue weighted by atomic mass is 79.9. The monoisotopic (exact) mass is 273 g/mol. The standard InChI is InChI=1S/C10H9BrFNO2/c11-7-1-6(2-8(12)3-7)10(14)13-9-4-15-5-9/h1-3,9H,4-5H2,(H,13,14). The molecule has 5 heteroatoms. The molecule has 1 N–H and O–H groups in total. The number of benzene rings is 1. The Kier molecular flexibility index (Phi) is 3.02. The Morgan fingerprint density at radius 1 is 1.47 bits per heavy atom. The van der Waals surface area contributed by atoms with Gasteiger partial charge in [0.15, 0.2) is 0 Å². The molecule has 15 heavy (non-hydrogen) atoms. The van der Waals surface area contributed by atoms with Crippen LogP contribution in [-0.4, -0.2) is 25.2 Å². The van der Waals surface area contributed by atoms with E-state index in [2.05, 4.69) is 21.2 Å². The third-order valence-corrected chi connectivity index (χ3v) is 2.56. The molecule has 1 amide bonds. The first kappa shape index (κ1) is 10.6. The Hall–Kier alpha value is -0.940. The quantitative estimate of drug-likeness (QED) is 0.891. The topological polar surface area (TPSA) is 38.3 Å². The van der Waals surface area contributed by atoms with E-state index in [1.807, 2.05) is 0 Å². The molecular formula is C10H9BrFNO2. The molecule has 1 aliphatic rings. The van der Waals surface area contributed by atoms with E-state index in [1.54, 1.807) is 6.07 Å². The fraction of sp³-hybridized carbons (Fsp3) is 0.300. The van der Waals surface area contributed by atoms with Gasteiger partial charge in [-0.3, -0.25) is 4.79 Å². The van der Waals surface area contributed by atoms with Crippen LogP contribution in [0.4, 0.5) is 4.39 Å². The molecule has 0 unspecified atom stereocenters. The number of hydrogen-bond acceptors (Lipinski definition) is 2. The SMILES string of the molecule is O=C(NC1COC1)c1cc(F)cc(Br)c1. The van der Waals surface area contributed by atoms with E-state index in [-0.39, 0.29) is 11.9 Å². The molecule has 0 aliphatic carbocycles. The molecule has 0 spiro atoms. The third-order valence-electron chi connectivity index (χ3n) is 2.10. The fourth-order valence-electron chi connectivity index (χ4n) is 1.27. The smallest absolute Gasteiger partial charge is 0.251 e. The van der Waals surface area contributed by atoms with Crippen molar-refractivity contribution in [1.29, 1.82) is 0 Å². The van der Waals surface area contributed by atoms with Gasteiger partial charge in [0.1, 0.15) is 5.82 Å². The highest BCUT2D eigenvalue weighted by Crippen LogP contribution is 2.15. The molecule has 1 saturated heterocycles. The first-order valence-electron chi connectivity index (χ1n) is 4.50. The lowest BCUT2D eigenvalue weighted by Gasteiger charge is -2.26. The molecule has 1 aromatic rings. The number of halogens is 2. The second-order valence-electron chi connectivity index (χ2n) is 3.37. The summed E-state index contributed by atoms with van der Waals surface area (Å²) in [5, 5.41) is 2.74. The summed E-state index contributed by atoms with van der Waals surface area (Å²) >= 11 is 3.13. The van der Waals surface area contributed by atoms with E-state index in [0.717, 1.165) is 0 Å². The van der Waals surface area contributed by atoms with Crippen LogP contribution < -0.4 is 5.32 Å². The average Bonchev–Trinajstić information content (AvgIpc) is 2.09. The van der Waals surface area contributed by atoms with Crippen molar-refractivity contribution in [2.75, 3.05) is 13.2 Å². The van der Waals surface area contributed by atoms with Crippen LogP contribution in [0.25, 0.3) is 0 Å². The van der Waals surface area contributed by atoms with Crippen molar-refractivity contribution >= 4 is 21.8 Å². The molecule has 0 atom stereocenters. The van der Waals surface area contributed by atoms with E-state index in [1.165, 1.54) is 12.1 Å².